The number of urea groups is 1. The van der Waals surface area contributed by atoms with Crippen LogP contribution in [0.3, 0.4) is 0 Å². The predicted octanol–water partition coefficient (Wildman–Crippen LogP) is 27.1. The highest BCUT2D eigenvalue weighted by atomic mass is 32.2. The van der Waals surface area contributed by atoms with E-state index in [1.165, 1.54) is 88.8 Å². The summed E-state index contributed by atoms with van der Waals surface area (Å²) in [5.41, 5.74) is 13.6. The van der Waals surface area contributed by atoms with Crippen molar-refractivity contribution in [1.82, 2.24) is 15.2 Å². The van der Waals surface area contributed by atoms with Crippen molar-refractivity contribution in [2.75, 3.05) is 36.8 Å². The molecule has 760 valence electrons. The number of nitrogens with zero attached hydrogens (tertiary/aromatic N) is 2. The van der Waals surface area contributed by atoms with Gasteiger partial charge in [-0.15, -0.1) is 0 Å². The fourth-order valence-corrected chi connectivity index (χ4v) is 25.6. The second-order valence-corrected chi connectivity index (χ2v) is 45.1. The third-order valence-corrected chi connectivity index (χ3v) is 32.9. The number of carbonyl (C=O) groups excluding carboxylic acids is 5. The second-order valence-electron chi connectivity index (χ2n) is 43.8. The number of rotatable bonds is 25. The fourth-order valence-electron chi connectivity index (χ4n) is 24.1. The minimum atomic E-state index is -1.13. The molecule has 5 aliphatic carbocycles. The number of carbonyl (C=O) groups is 6. The number of unbranched alkanes of at least 4 members (excludes halogenated alkanes) is 1. The first-order valence-electron chi connectivity index (χ1n) is 53.0. The molecule has 11 aliphatic rings. The lowest BCUT2D eigenvalue weighted by molar-refractivity contribution is -0.122. The van der Waals surface area contributed by atoms with Gasteiger partial charge >= 0.3 is 18.0 Å². The molecule has 8 aromatic rings. The van der Waals surface area contributed by atoms with Gasteiger partial charge in [-0.2, -0.15) is 11.8 Å². The van der Waals surface area contributed by atoms with Gasteiger partial charge in [-0.1, -0.05) is 220 Å². The van der Waals surface area contributed by atoms with Crippen molar-refractivity contribution in [2.24, 2.45) is 70.0 Å². The number of hydrogen-bond acceptors (Lipinski definition) is 15. The minimum Gasteiger partial charge on any atom is -0.508 e. The van der Waals surface area contributed by atoms with Crippen LogP contribution in [-0.4, -0.2) is 112 Å². The van der Waals surface area contributed by atoms with Gasteiger partial charge in [0.2, 0.25) is 5.36 Å². The predicted molar refractivity (Wildman–Crippen MR) is 579 cm³/mol. The van der Waals surface area contributed by atoms with E-state index < -0.39 is 11.6 Å². The number of phenols is 2. The summed E-state index contributed by atoms with van der Waals surface area (Å²) in [6.45, 7) is 53.3. The number of allylic oxidation sites excluding steroid dienone is 1. The normalized spacial score (nSPS) is 22.2. The standard InChI is InChI=1S/C31H37N2O2.C30H52O.C25H20O5.C21H14O4.C13H22N2O2S.C4H10/c1-7-32(8-2)22-15-17-26-28(19-22)35-29-20-23(33(9-3)10-4)16-18-27(29)30(26)24-13-11-12-14-25(24)31(34)21(5)6;1-20(2)9-8-10-22(5)26-13-14-27-25-12-11-23-19-24(31-21(3)4)15-17-29(23,6)28(25)16-18-30(26,27)7;1-13(2)24(27)15-5-8-17(20(11-15)25(28)29)23-18-7-4-14(3)10-21(18)30-22-12-16(26)6-9-19(22)23;1-12-6-8-16-18(10-12)24-19-11-13(22)7-9-17(19)21(16)15-5-3-2-4-14(15)20(23)25-21;1-8(2)10(16)5-3-4-6-11-12-9(7-18-11)14-13(17)15-12;1-4(2)3/h11-21H,7-10H2,1-6H3;11,20-22,24-28H,8-10,12-19H2,1-7H3;4-13,26H,3H2,1-2H3,(H,28,29);2-11,22H,1H3;8-9,11-12H,3-7H2,1-2H3,(H2,14,15,17);4H,1-3H3/q+1;;;;;/t;22-,24+,25+,26+,27-,28+,29+,30-;;;;/m.1..../s1. The number of benzene rings is 9. The van der Waals surface area contributed by atoms with E-state index in [9.17, 15) is 44.1 Å². The molecule has 12 atom stereocenters. The van der Waals surface area contributed by atoms with Crippen molar-refractivity contribution >= 4 is 75.9 Å². The number of carboxylic acid groups (broad SMARTS) is 1. The van der Waals surface area contributed by atoms with Gasteiger partial charge in [-0.05, 0) is 254 Å². The SMILES string of the molecule is C=c1ccc2c(c1)Oc1cc(O)ccc1C=2c1ccc(C(=O)C(C)C)cc1C(=O)O.CC(C)C.CC(C)C(=O)CCCCC1SCC2NC(=O)NC21.CC(C)CCC[C@@H](C)[C@@H]1CC[C@@H]2[C@@H]3CC=C4C[C@@H](OC(C)C)CC[C@]4(C)[C@H]3CC[C@@]21C.CCN(CC)c1ccc2c(-c3ccccc3C(=O)C(C)C)c3ccc(=[N+](CC)CC)cc-3oc2c1.Cc1ccc2c(c1)Oc1cc(O)ccc1C21OC(=O)c2ccccc21. The summed E-state index contributed by atoms with van der Waals surface area (Å²) in [5.74, 6) is 9.23. The maximum absolute atomic E-state index is 13.2. The maximum atomic E-state index is 13.2. The van der Waals surface area contributed by atoms with Crippen molar-refractivity contribution in [3.8, 4) is 56.9 Å². The molecule has 2 amide bonds. The minimum absolute atomic E-state index is 0.0229. The van der Waals surface area contributed by atoms with Gasteiger partial charge in [0.05, 0.1) is 41.5 Å². The number of fused-ring (bicyclic) bond motifs is 16. The Morgan fingerprint density at radius 2 is 1.27 bits per heavy atom. The second kappa shape index (κ2) is 46.2. The number of phenolic OH excluding ortho intramolecular Hbond substituents is 2. The van der Waals surface area contributed by atoms with E-state index in [4.69, 9.17) is 23.4 Å². The van der Waals surface area contributed by atoms with Crippen LogP contribution in [0.15, 0.2) is 192 Å². The van der Waals surface area contributed by atoms with Crippen LogP contribution in [0.1, 0.15) is 310 Å². The molecule has 8 aromatic carbocycles. The van der Waals surface area contributed by atoms with E-state index in [0.717, 1.165) is 165 Å². The molecule has 143 heavy (non-hydrogen) atoms. The first-order valence-corrected chi connectivity index (χ1v) is 54.0. The number of nitrogens with one attached hydrogen (secondary N) is 2. The van der Waals surface area contributed by atoms with Gasteiger partial charge in [0.15, 0.2) is 17.2 Å². The highest BCUT2D eigenvalue weighted by molar-refractivity contribution is 8.00. The van der Waals surface area contributed by atoms with Crippen molar-refractivity contribution in [3.63, 3.8) is 0 Å². The zero-order valence-electron chi connectivity index (χ0n) is 88.5. The zero-order chi connectivity index (χ0) is 103. The molecule has 6 heterocycles. The number of thioether (sulfide) groups is 1. The van der Waals surface area contributed by atoms with Crippen LogP contribution >= 0.6 is 11.8 Å². The Labute approximate surface area is 852 Å². The lowest BCUT2D eigenvalue weighted by Crippen LogP contribution is -2.51. The van der Waals surface area contributed by atoms with E-state index in [0.29, 0.717) is 114 Å². The Hall–Kier alpha value is -11.5. The summed E-state index contributed by atoms with van der Waals surface area (Å²) in [7, 11) is 0. The first-order chi connectivity index (χ1) is 68.2. The molecule has 1 spiro atoms. The summed E-state index contributed by atoms with van der Waals surface area (Å²) in [5, 5.41) is 39.8. The maximum Gasteiger partial charge on any atom is 0.340 e. The van der Waals surface area contributed by atoms with Crippen molar-refractivity contribution in [3.05, 3.63) is 259 Å². The molecule has 18 nitrogen and oxygen atoms in total. The summed E-state index contributed by atoms with van der Waals surface area (Å²) in [4.78, 5) is 75.4. The number of aryl methyl sites for hydroxylation is 1. The molecule has 0 radical (unpaired) electrons. The lowest BCUT2D eigenvalue weighted by atomic mass is 9.47. The number of hydrogen-bond donors (Lipinski definition) is 5. The highest BCUT2D eigenvalue weighted by Crippen LogP contribution is 2.68. The van der Waals surface area contributed by atoms with Gasteiger partial charge in [0, 0.05) is 139 Å². The summed E-state index contributed by atoms with van der Waals surface area (Å²) >= 11 is 1.94. The Bertz CT molecular complexity index is 6450. The molecule has 0 aromatic heterocycles. The van der Waals surface area contributed by atoms with Crippen LogP contribution in [-0.2, 0) is 19.9 Å². The van der Waals surface area contributed by atoms with Crippen molar-refractivity contribution < 1.29 is 67.5 Å². The average Bonchev–Trinajstić information content (AvgIpc) is 1.55. The van der Waals surface area contributed by atoms with E-state index in [-0.39, 0.29) is 58.4 Å². The highest BCUT2D eigenvalue weighted by Gasteiger charge is 2.60. The fraction of sp³-hybridized carbons (Fsp3) is 0.476. The van der Waals surface area contributed by atoms with Crippen LogP contribution in [0, 0.1) is 76.9 Å². The number of carboxylic acids is 1. The van der Waals surface area contributed by atoms with Crippen LogP contribution in [0.25, 0.3) is 45.6 Å². The van der Waals surface area contributed by atoms with Gasteiger partial charge in [0.25, 0.3) is 0 Å². The molecule has 5 fully saturated rings. The van der Waals surface area contributed by atoms with Gasteiger partial charge in [-0.3, -0.25) is 14.4 Å². The van der Waals surface area contributed by atoms with Crippen molar-refractivity contribution in [1.29, 1.82) is 0 Å². The molecular formula is C124H155N4O14S+. The Balaban J connectivity index is 0.000000142. The van der Waals surface area contributed by atoms with E-state index in [1.807, 2.05) is 113 Å². The largest absolute Gasteiger partial charge is 0.508 e. The van der Waals surface area contributed by atoms with Gasteiger partial charge in [0.1, 0.15) is 64.7 Å². The summed E-state index contributed by atoms with van der Waals surface area (Å²) < 4.78 is 33.1. The van der Waals surface area contributed by atoms with Crippen LogP contribution < -0.4 is 45.4 Å². The van der Waals surface area contributed by atoms with E-state index >= 15 is 0 Å². The molecule has 5 N–H and O–H groups in total. The lowest BCUT2D eigenvalue weighted by Gasteiger charge is -2.58. The van der Waals surface area contributed by atoms with Crippen LogP contribution in [0.5, 0.6) is 34.5 Å². The smallest absolute Gasteiger partial charge is 0.340 e. The summed E-state index contributed by atoms with van der Waals surface area (Å²) in [6, 6.07) is 54.5. The number of amides is 2. The number of ether oxygens (including phenoxy) is 4. The number of Topliss-reactive ketones (excluding diaryl/α,β-unsaturated/α-hetero) is 3. The molecule has 2 saturated heterocycles. The number of esters is 1. The monoisotopic (exact) mass is 1960 g/mol. The molecule has 19 rings (SSSR count). The molecule has 3 saturated carbocycles. The van der Waals surface area contributed by atoms with Crippen molar-refractivity contribution in [2.45, 2.75) is 277 Å². The van der Waals surface area contributed by atoms with Crippen LogP contribution in [0.2, 0.25) is 0 Å². The number of aromatic hydroxyl groups is 2. The first kappa shape index (κ1) is 107. The zero-order valence-corrected chi connectivity index (χ0v) is 89.3. The number of ketones is 3. The average molecular weight is 1960 g/mol. The van der Waals surface area contributed by atoms with Crippen LogP contribution in [0.4, 0.5) is 10.5 Å². The molecule has 4 unspecified atom stereocenters. The molecule has 0 bridgehead atoms. The Morgan fingerprint density at radius 3 is 1.96 bits per heavy atom. The quantitative estimate of drug-likeness (QED) is 0.00679. The Morgan fingerprint density at radius 1 is 0.608 bits per heavy atom. The van der Waals surface area contributed by atoms with Gasteiger partial charge < -0.3 is 54.2 Å². The topological polar surface area (TPSA) is 243 Å². The number of aromatic carboxylic acids is 1. The van der Waals surface area contributed by atoms with Gasteiger partial charge in [-0.25, -0.2) is 19.0 Å². The van der Waals surface area contributed by atoms with E-state index in [2.05, 4.69) is 172 Å². The third kappa shape index (κ3) is 23.2. The Kier molecular flexibility index (Phi) is 34.7. The summed E-state index contributed by atoms with van der Waals surface area (Å²) in [6.07, 6.45) is 22.9. The number of anilines is 1. The molecular weight excluding hydrogens is 1800 g/mol. The molecule has 19 heteroatoms. The van der Waals surface area contributed by atoms with E-state index in [1.54, 1.807) is 68.0 Å². The third-order valence-electron chi connectivity index (χ3n) is 31.4. The molecule has 6 aliphatic heterocycles.